The van der Waals surface area contributed by atoms with Crippen LogP contribution in [0.5, 0.6) is 0 Å². The number of nitrogens with zero attached hydrogens (tertiary/aromatic N) is 1. The molecule has 0 aliphatic heterocycles. The largest absolute Gasteiger partial charge is 0.395 e. The van der Waals surface area contributed by atoms with Gasteiger partial charge >= 0.3 is 0 Å². The molecule has 1 aromatic rings. The number of rotatable bonds is 7. The second-order valence-corrected chi connectivity index (χ2v) is 7.25. The highest BCUT2D eigenvalue weighted by Gasteiger charge is 2.36. The fourth-order valence-corrected chi connectivity index (χ4v) is 4.04. The lowest BCUT2D eigenvalue weighted by Gasteiger charge is -2.21. The van der Waals surface area contributed by atoms with Crippen molar-refractivity contribution in [2.24, 2.45) is 5.73 Å². The van der Waals surface area contributed by atoms with Crippen molar-refractivity contribution in [2.45, 2.75) is 24.6 Å². The average Bonchev–Trinajstić information content (AvgIpc) is 3.19. The van der Waals surface area contributed by atoms with Crippen LogP contribution in [0.1, 0.15) is 24.0 Å². The van der Waals surface area contributed by atoms with Crippen molar-refractivity contribution in [1.29, 1.82) is 0 Å². The van der Waals surface area contributed by atoms with Gasteiger partial charge in [-0.15, -0.1) is 0 Å². The number of hydrogen-bond acceptors (Lipinski definition) is 4. The molecule has 1 fully saturated rings. The van der Waals surface area contributed by atoms with Gasteiger partial charge in [0.15, 0.2) is 0 Å². The van der Waals surface area contributed by atoms with Crippen LogP contribution < -0.4 is 5.73 Å². The van der Waals surface area contributed by atoms with Crippen LogP contribution in [0.15, 0.2) is 24.3 Å². The smallest absolute Gasteiger partial charge is 0.218 e. The van der Waals surface area contributed by atoms with Crippen molar-refractivity contribution >= 4 is 27.2 Å². The quantitative estimate of drug-likeness (QED) is 0.720. The Hall–Kier alpha value is -1.02. The molecule has 0 radical (unpaired) electrons. The van der Waals surface area contributed by atoms with Gasteiger partial charge in [-0.05, 0) is 24.5 Å². The minimum Gasteiger partial charge on any atom is -0.395 e. The van der Waals surface area contributed by atoms with E-state index in [0.29, 0.717) is 11.1 Å². The van der Waals surface area contributed by atoms with E-state index in [2.05, 4.69) is 0 Å². The number of nitrogens with two attached hydrogens (primary N) is 1. The molecular weight excluding hydrogens is 296 g/mol. The van der Waals surface area contributed by atoms with Gasteiger partial charge in [0.1, 0.15) is 4.99 Å². The third-order valence-electron chi connectivity index (χ3n) is 3.19. The minimum absolute atomic E-state index is 0.0471. The first-order chi connectivity index (χ1) is 9.44. The molecule has 5 nitrogen and oxygen atoms in total. The van der Waals surface area contributed by atoms with Crippen LogP contribution in [0.4, 0.5) is 0 Å². The van der Waals surface area contributed by atoms with Gasteiger partial charge in [-0.3, -0.25) is 0 Å². The Bertz CT molecular complexity index is 597. The fourth-order valence-electron chi connectivity index (χ4n) is 2.12. The van der Waals surface area contributed by atoms with Crippen LogP contribution in [0.2, 0.25) is 0 Å². The van der Waals surface area contributed by atoms with Gasteiger partial charge in [-0.25, -0.2) is 8.42 Å². The second-order valence-electron chi connectivity index (χ2n) is 4.89. The van der Waals surface area contributed by atoms with E-state index >= 15 is 0 Å². The summed E-state index contributed by atoms with van der Waals surface area (Å²) < 4.78 is 26.2. The monoisotopic (exact) mass is 314 g/mol. The Morgan fingerprint density at radius 3 is 2.70 bits per heavy atom. The van der Waals surface area contributed by atoms with Gasteiger partial charge in [-0.1, -0.05) is 30.4 Å². The molecular formula is C13H18N2O3S2. The summed E-state index contributed by atoms with van der Waals surface area (Å²) >= 11 is 4.89. The summed E-state index contributed by atoms with van der Waals surface area (Å²) in [5.41, 5.74) is 6.86. The SMILES string of the molecule is NC(=S)c1cccc(CS(=O)(=O)N(CCO)C2CC2)c1. The number of benzene rings is 1. The molecule has 0 spiro atoms. The van der Waals surface area contributed by atoms with Gasteiger partial charge in [0.05, 0.1) is 12.4 Å². The highest BCUT2D eigenvalue weighted by molar-refractivity contribution is 7.88. The Labute approximate surface area is 124 Å². The molecule has 2 rings (SSSR count). The van der Waals surface area contributed by atoms with Gasteiger partial charge in [0, 0.05) is 18.2 Å². The lowest BCUT2D eigenvalue weighted by Crippen LogP contribution is -2.36. The van der Waals surface area contributed by atoms with E-state index in [1.165, 1.54) is 4.31 Å². The maximum Gasteiger partial charge on any atom is 0.218 e. The van der Waals surface area contributed by atoms with E-state index in [0.717, 1.165) is 12.8 Å². The molecule has 3 N–H and O–H groups in total. The zero-order valence-electron chi connectivity index (χ0n) is 11.0. The predicted octanol–water partition coefficient (Wildman–Crippen LogP) is 0.607. The van der Waals surface area contributed by atoms with Crippen molar-refractivity contribution < 1.29 is 13.5 Å². The molecule has 0 heterocycles. The van der Waals surface area contributed by atoms with E-state index in [-0.39, 0.29) is 29.9 Å². The Morgan fingerprint density at radius 2 is 2.15 bits per heavy atom. The van der Waals surface area contributed by atoms with Gasteiger partial charge < -0.3 is 10.8 Å². The fraction of sp³-hybridized carbons (Fsp3) is 0.462. The van der Waals surface area contributed by atoms with Crippen molar-refractivity contribution in [3.05, 3.63) is 35.4 Å². The molecule has 0 unspecified atom stereocenters. The van der Waals surface area contributed by atoms with Crippen LogP contribution in [-0.4, -0.2) is 42.0 Å². The Morgan fingerprint density at radius 1 is 1.45 bits per heavy atom. The van der Waals surface area contributed by atoms with E-state index in [9.17, 15) is 8.42 Å². The standard InChI is InChI=1S/C13H18N2O3S2/c14-13(19)11-3-1-2-10(8-11)9-20(17,18)15(6-7-16)12-4-5-12/h1-3,8,12,16H,4-7,9H2,(H2,14,19). The number of thiocarbonyl (C=S) groups is 1. The molecule has 0 saturated heterocycles. The molecule has 7 heteroatoms. The maximum atomic E-state index is 12.4. The van der Waals surface area contributed by atoms with Crippen molar-refractivity contribution in [3.8, 4) is 0 Å². The lowest BCUT2D eigenvalue weighted by atomic mass is 10.1. The lowest BCUT2D eigenvalue weighted by molar-refractivity contribution is 0.250. The highest BCUT2D eigenvalue weighted by Crippen LogP contribution is 2.30. The predicted molar refractivity (Wildman–Crippen MR) is 81.8 cm³/mol. The van der Waals surface area contributed by atoms with E-state index in [1.54, 1.807) is 24.3 Å². The Kier molecular flexibility index (Phi) is 4.74. The van der Waals surface area contributed by atoms with Crippen molar-refractivity contribution in [3.63, 3.8) is 0 Å². The molecule has 1 saturated carbocycles. The summed E-state index contributed by atoms with van der Waals surface area (Å²) in [6.07, 6.45) is 1.73. The van der Waals surface area contributed by atoms with Crippen LogP contribution in [0, 0.1) is 0 Å². The topological polar surface area (TPSA) is 83.6 Å². The number of hydrogen-bond donors (Lipinski definition) is 2. The van der Waals surface area contributed by atoms with Gasteiger partial charge in [0.25, 0.3) is 0 Å². The minimum atomic E-state index is -3.43. The number of aliphatic hydroxyl groups excluding tert-OH is 1. The molecule has 1 aliphatic carbocycles. The van der Waals surface area contributed by atoms with Crippen LogP contribution in [0.3, 0.4) is 0 Å². The molecule has 0 bridgehead atoms. The third-order valence-corrected chi connectivity index (χ3v) is 5.32. The summed E-state index contributed by atoms with van der Waals surface area (Å²) in [7, 11) is -3.43. The van der Waals surface area contributed by atoms with E-state index < -0.39 is 10.0 Å². The summed E-state index contributed by atoms with van der Waals surface area (Å²) in [5, 5.41) is 9.02. The summed E-state index contributed by atoms with van der Waals surface area (Å²) in [6, 6.07) is 6.98. The second kappa shape index (κ2) is 6.17. The first-order valence-corrected chi connectivity index (χ1v) is 8.45. The van der Waals surface area contributed by atoms with Crippen LogP contribution in [0.25, 0.3) is 0 Å². The zero-order valence-corrected chi connectivity index (χ0v) is 12.7. The third kappa shape index (κ3) is 3.76. The first kappa shape index (κ1) is 15.4. The first-order valence-electron chi connectivity index (χ1n) is 6.43. The van der Waals surface area contributed by atoms with Crippen molar-refractivity contribution in [2.75, 3.05) is 13.2 Å². The number of aliphatic hydroxyl groups is 1. The summed E-state index contributed by atoms with van der Waals surface area (Å²) in [5.74, 6) is -0.0973. The maximum absolute atomic E-state index is 12.4. The van der Waals surface area contributed by atoms with Gasteiger partial charge in [-0.2, -0.15) is 4.31 Å². The van der Waals surface area contributed by atoms with Crippen LogP contribution in [-0.2, 0) is 15.8 Å². The van der Waals surface area contributed by atoms with Gasteiger partial charge in [0.2, 0.25) is 10.0 Å². The van der Waals surface area contributed by atoms with Crippen LogP contribution >= 0.6 is 12.2 Å². The summed E-state index contributed by atoms with van der Waals surface area (Å²) in [4.78, 5) is 0.249. The normalized spacial score (nSPS) is 15.5. The Balaban J connectivity index is 2.18. The zero-order chi connectivity index (χ0) is 14.8. The average molecular weight is 314 g/mol. The highest BCUT2D eigenvalue weighted by atomic mass is 32.2. The van der Waals surface area contributed by atoms with E-state index in [1.807, 2.05) is 0 Å². The number of sulfonamides is 1. The molecule has 0 atom stereocenters. The molecule has 1 aromatic carbocycles. The molecule has 0 amide bonds. The van der Waals surface area contributed by atoms with E-state index in [4.69, 9.17) is 23.1 Å². The molecule has 0 aromatic heterocycles. The molecule has 1 aliphatic rings. The molecule has 20 heavy (non-hydrogen) atoms. The summed E-state index contributed by atoms with van der Waals surface area (Å²) in [6.45, 7) is -0.00928. The van der Waals surface area contributed by atoms with Crippen molar-refractivity contribution in [1.82, 2.24) is 4.31 Å². The molecule has 110 valence electrons.